The molecule has 0 unspecified atom stereocenters. The second-order valence-electron chi connectivity index (χ2n) is 7.00. The zero-order valence-corrected chi connectivity index (χ0v) is 18.7. The number of nitrogens with zero attached hydrogens (tertiary/aromatic N) is 1. The quantitative estimate of drug-likeness (QED) is 0.175. The van der Waals surface area contributed by atoms with E-state index in [0.717, 1.165) is 21.7 Å². The molecule has 0 atom stereocenters. The Kier molecular flexibility index (Phi) is 6.75. The minimum Gasteiger partial charge on any atom is -0.399 e. The predicted octanol–water partition coefficient (Wildman–Crippen LogP) is 7.81. The van der Waals surface area contributed by atoms with Crippen LogP contribution in [0.2, 0.25) is 0 Å². The molecule has 2 aromatic heterocycles. The molecule has 32 heavy (non-hydrogen) atoms. The molecule has 0 radical (unpaired) electrons. The minimum atomic E-state index is -0.391. The van der Waals surface area contributed by atoms with E-state index in [9.17, 15) is 10.1 Å². The Morgan fingerprint density at radius 2 is 0.969 bits per heavy atom. The SMILES string of the molecule is Nc1ccc(/C=C/c2ccc(/C=C/c3ccc(/C=C/c4ccc([N+](=O)[O-])cc4)s3)s2)cc1. The molecule has 4 aromatic rings. The third kappa shape index (κ3) is 5.91. The van der Waals surface area contributed by atoms with Crippen molar-refractivity contribution >= 4 is 70.5 Å². The summed E-state index contributed by atoms with van der Waals surface area (Å²) >= 11 is 3.43. The summed E-state index contributed by atoms with van der Waals surface area (Å²) in [6, 6.07) is 22.7. The molecule has 4 rings (SSSR count). The molecule has 2 N–H and O–H groups in total. The smallest absolute Gasteiger partial charge is 0.269 e. The molecule has 0 spiro atoms. The van der Waals surface area contributed by atoms with E-state index in [1.165, 1.54) is 26.8 Å². The van der Waals surface area contributed by atoms with Gasteiger partial charge in [-0.05, 0) is 84.0 Å². The van der Waals surface area contributed by atoms with Crippen molar-refractivity contribution in [1.82, 2.24) is 0 Å². The second kappa shape index (κ2) is 10.0. The van der Waals surface area contributed by atoms with Crippen molar-refractivity contribution in [2.45, 2.75) is 0 Å². The van der Waals surface area contributed by atoms with E-state index in [4.69, 9.17) is 5.73 Å². The van der Waals surface area contributed by atoms with Crippen molar-refractivity contribution in [1.29, 1.82) is 0 Å². The second-order valence-corrected chi connectivity index (χ2v) is 9.29. The number of anilines is 1. The van der Waals surface area contributed by atoms with Crippen LogP contribution in [-0.2, 0) is 0 Å². The molecule has 6 heteroatoms. The summed E-state index contributed by atoms with van der Waals surface area (Å²) in [5.74, 6) is 0. The van der Waals surface area contributed by atoms with E-state index in [1.807, 2.05) is 36.4 Å². The lowest BCUT2D eigenvalue weighted by Crippen LogP contribution is -1.86. The van der Waals surface area contributed by atoms with Gasteiger partial charge in [0.25, 0.3) is 5.69 Å². The molecule has 0 saturated carbocycles. The monoisotopic (exact) mass is 456 g/mol. The molecule has 2 aromatic carbocycles. The lowest BCUT2D eigenvalue weighted by atomic mass is 10.2. The lowest BCUT2D eigenvalue weighted by Gasteiger charge is -1.94. The van der Waals surface area contributed by atoms with Crippen LogP contribution in [0.3, 0.4) is 0 Å². The highest BCUT2D eigenvalue weighted by atomic mass is 32.1. The largest absolute Gasteiger partial charge is 0.399 e. The molecule has 0 aliphatic rings. The fraction of sp³-hybridized carbons (Fsp3) is 0. The first kappa shape index (κ1) is 21.5. The Balaban J connectivity index is 1.36. The highest BCUT2D eigenvalue weighted by Gasteiger charge is 2.02. The fourth-order valence-corrected chi connectivity index (χ4v) is 4.56. The standard InChI is InChI=1S/C26H20N2O2S2/c27-21-7-1-19(2-8-21)5-11-23-13-15-25(31-23)17-18-26-16-14-24(32-26)12-6-20-3-9-22(10-4-20)28(29)30/h1-18H,27H2/b11-5+,12-6+,18-17+. The van der Waals surface area contributed by atoms with Gasteiger partial charge in [-0.3, -0.25) is 10.1 Å². The van der Waals surface area contributed by atoms with Crippen molar-refractivity contribution < 1.29 is 4.92 Å². The van der Waals surface area contributed by atoms with Gasteiger partial charge in [0.2, 0.25) is 0 Å². The third-order valence-corrected chi connectivity index (χ3v) is 6.66. The summed E-state index contributed by atoms with van der Waals surface area (Å²) in [7, 11) is 0. The number of benzene rings is 2. The Labute approximate surface area is 194 Å². The van der Waals surface area contributed by atoms with Crippen LogP contribution in [0, 0.1) is 10.1 Å². The van der Waals surface area contributed by atoms with Crippen molar-refractivity contribution in [3.05, 3.63) is 114 Å². The van der Waals surface area contributed by atoms with Crippen LogP contribution in [0.1, 0.15) is 30.6 Å². The number of hydrogen-bond acceptors (Lipinski definition) is 5. The Morgan fingerprint density at radius 1 is 0.594 bits per heavy atom. The first-order chi connectivity index (χ1) is 15.5. The number of nitrogen functional groups attached to an aromatic ring is 1. The summed E-state index contributed by atoms with van der Waals surface area (Å²) in [6.07, 6.45) is 12.4. The van der Waals surface area contributed by atoms with Crippen LogP contribution >= 0.6 is 22.7 Å². The average molecular weight is 457 g/mol. The van der Waals surface area contributed by atoms with E-state index < -0.39 is 4.92 Å². The first-order valence-corrected chi connectivity index (χ1v) is 11.5. The Hall–Kier alpha value is -3.74. The average Bonchev–Trinajstić information content (AvgIpc) is 3.45. The summed E-state index contributed by atoms with van der Waals surface area (Å²) in [4.78, 5) is 15.0. The van der Waals surface area contributed by atoms with Gasteiger partial charge in [0.1, 0.15) is 0 Å². The van der Waals surface area contributed by atoms with E-state index in [1.54, 1.807) is 34.8 Å². The van der Waals surface area contributed by atoms with E-state index in [0.29, 0.717) is 0 Å². The Bertz CT molecular complexity index is 1290. The highest BCUT2D eigenvalue weighted by Crippen LogP contribution is 2.25. The predicted molar refractivity (Wildman–Crippen MR) is 139 cm³/mol. The van der Waals surface area contributed by atoms with Crippen LogP contribution in [-0.4, -0.2) is 4.92 Å². The summed E-state index contributed by atoms with van der Waals surface area (Å²) in [6.45, 7) is 0. The van der Waals surface area contributed by atoms with Gasteiger partial charge in [-0.2, -0.15) is 0 Å². The zero-order chi connectivity index (χ0) is 22.3. The highest BCUT2D eigenvalue weighted by molar-refractivity contribution is 7.14. The van der Waals surface area contributed by atoms with Crippen LogP contribution in [0.4, 0.5) is 11.4 Å². The normalized spacial score (nSPS) is 11.8. The molecule has 0 aliphatic heterocycles. The molecule has 2 heterocycles. The molecule has 0 aliphatic carbocycles. The van der Waals surface area contributed by atoms with Gasteiger partial charge in [-0.1, -0.05) is 24.3 Å². The maximum atomic E-state index is 10.7. The fourth-order valence-electron chi connectivity index (χ4n) is 2.93. The van der Waals surface area contributed by atoms with E-state index in [-0.39, 0.29) is 5.69 Å². The maximum absolute atomic E-state index is 10.7. The van der Waals surface area contributed by atoms with Crippen LogP contribution in [0.25, 0.3) is 36.5 Å². The van der Waals surface area contributed by atoms with Gasteiger partial charge >= 0.3 is 0 Å². The van der Waals surface area contributed by atoms with Crippen molar-refractivity contribution in [2.24, 2.45) is 0 Å². The van der Waals surface area contributed by atoms with Gasteiger partial charge in [0.05, 0.1) is 4.92 Å². The van der Waals surface area contributed by atoms with Gasteiger partial charge in [-0.25, -0.2) is 0 Å². The topological polar surface area (TPSA) is 69.2 Å². The maximum Gasteiger partial charge on any atom is 0.269 e. The molecule has 4 nitrogen and oxygen atoms in total. The molecule has 0 fully saturated rings. The number of non-ortho nitro benzene ring substituents is 1. The number of nitro benzene ring substituents is 1. The summed E-state index contributed by atoms with van der Waals surface area (Å²) in [5.41, 5.74) is 8.65. The van der Waals surface area contributed by atoms with Crippen LogP contribution < -0.4 is 5.73 Å². The van der Waals surface area contributed by atoms with Gasteiger partial charge in [-0.15, -0.1) is 22.7 Å². The van der Waals surface area contributed by atoms with Crippen molar-refractivity contribution in [3.8, 4) is 0 Å². The van der Waals surface area contributed by atoms with Crippen molar-refractivity contribution in [2.75, 3.05) is 5.73 Å². The molecular formula is C26H20N2O2S2. The van der Waals surface area contributed by atoms with Gasteiger partial charge in [0.15, 0.2) is 0 Å². The minimum absolute atomic E-state index is 0.100. The van der Waals surface area contributed by atoms with Gasteiger partial charge in [0, 0.05) is 37.3 Å². The van der Waals surface area contributed by atoms with E-state index in [2.05, 4.69) is 48.6 Å². The first-order valence-electron chi connectivity index (χ1n) is 9.89. The van der Waals surface area contributed by atoms with Gasteiger partial charge < -0.3 is 5.73 Å². The molecular weight excluding hydrogens is 436 g/mol. The number of nitrogens with two attached hydrogens (primary N) is 1. The molecule has 0 bridgehead atoms. The van der Waals surface area contributed by atoms with Crippen molar-refractivity contribution in [3.63, 3.8) is 0 Å². The summed E-state index contributed by atoms with van der Waals surface area (Å²) in [5, 5.41) is 10.7. The molecule has 158 valence electrons. The Morgan fingerprint density at radius 3 is 1.38 bits per heavy atom. The molecule has 0 saturated heterocycles. The number of thiophene rings is 2. The third-order valence-electron chi connectivity index (χ3n) is 4.63. The number of rotatable bonds is 7. The zero-order valence-electron chi connectivity index (χ0n) is 17.0. The van der Waals surface area contributed by atoms with Crippen LogP contribution in [0.15, 0.2) is 72.8 Å². The lowest BCUT2D eigenvalue weighted by molar-refractivity contribution is -0.384. The number of nitro groups is 1. The van der Waals surface area contributed by atoms with Crippen LogP contribution in [0.5, 0.6) is 0 Å². The number of hydrogen-bond donors (Lipinski definition) is 1. The molecule has 0 amide bonds. The van der Waals surface area contributed by atoms with E-state index >= 15 is 0 Å². The summed E-state index contributed by atoms with van der Waals surface area (Å²) < 4.78 is 0.